The summed E-state index contributed by atoms with van der Waals surface area (Å²) in [6.07, 6.45) is 8.35. The third-order valence-corrected chi connectivity index (χ3v) is 3.08. The average molecular weight is 260 g/mol. The molecule has 0 aliphatic rings. The van der Waals surface area contributed by atoms with Crippen molar-refractivity contribution >= 4 is 0 Å². The molecule has 2 N–H and O–H groups in total. The smallest absolute Gasteiger partial charge is 0.138 e. The standard InChI is InChI=1S/C16H24N2O/c1-3-5-7-14(4-2)13-19-16-10-15(8-6-9-17)11-18-12-16/h10-12,14H,3-5,7,9,13,17H2,1-2H3. The lowest BCUT2D eigenvalue weighted by Crippen LogP contribution is -2.11. The highest BCUT2D eigenvalue weighted by molar-refractivity contribution is 5.36. The van der Waals surface area contributed by atoms with E-state index in [0.29, 0.717) is 12.5 Å². The summed E-state index contributed by atoms with van der Waals surface area (Å²) >= 11 is 0. The number of nitrogens with two attached hydrogens (primary N) is 1. The largest absolute Gasteiger partial charge is 0.492 e. The van der Waals surface area contributed by atoms with E-state index in [0.717, 1.165) is 24.3 Å². The summed E-state index contributed by atoms with van der Waals surface area (Å²) in [5, 5.41) is 0. The van der Waals surface area contributed by atoms with Crippen LogP contribution in [0.3, 0.4) is 0 Å². The Hall–Kier alpha value is -1.53. The molecule has 3 nitrogen and oxygen atoms in total. The molecule has 0 bridgehead atoms. The van der Waals surface area contributed by atoms with Crippen LogP contribution in [0.4, 0.5) is 0 Å². The zero-order valence-corrected chi connectivity index (χ0v) is 12.0. The maximum Gasteiger partial charge on any atom is 0.138 e. The molecule has 0 fully saturated rings. The molecule has 0 aliphatic heterocycles. The fourth-order valence-electron chi connectivity index (χ4n) is 1.83. The van der Waals surface area contributed by atoms with E-state index in [2.05, 4.69) is 30.7 Å². The lowest BCUT2D eigenvalue weighted by atomic mass is 10.0. The van der Waals surface area contributed by atoms with E-state index >= 15 is 0 Å². The minimum Gasteiger partial charge on any atom is -0.492 e. The number of rotatable bonds is 7. The Labute approximate surface area is 116 Å². The first-order valence-corrected chi connectivity index (χ1v) is 7.06. The molecule has 0 aliphatic carbocycles. The Morgan fingerprint density at radius 1 is 1.37 bits per heavy atom. The maximum atomic E-state index is 5.82. The van der Waals surface area contributed by atoms with Gasteiger partial charge in [-0.15, -0.1) is 0 Å². The van der Waals surface area contributed by atoms with E-state index in [9.17, 15) is 0 Å². The molecule has 1 rings (SSSR count). The molecule has 1 aromatic heterocycles. The monoisotopic (exact) mass is 260 g/mol. The summed E-state index contributed by atoms with van der Waals surface area (Å²) in [7, 11) is 0. The van der Waals surface area contributed by atoms with Gasteiger partial charge >= 0.3 is 0 Å². The van der Waals surface area contributed by atoms with Crippen molar-refractivity contribution in [3.8, 4) is 17.6 Å². The third kappa shape index (κ3) is 6.26. The van der Waals surface area contributed by atoms with Crippen LogP contribution < -0.4 is 10.5 Å². The van der Waals surface area contributed by atoms with Crippen molar-refractivity contribution < 1.29 is 4.74 Å². The second kappa shape index (κ2) is 9.41. The molecule has 0 aromatic carbocycles. The number of nitrogens with zero attached hydrogens (tertiary/aromatic N) is 1. The number of hydrogen-bond donors (Lipinski definition) is 1. The SMILES string of the molecule is CCCCC(CC)COc1cncc(C#CCN)c1. The molecule has 0 radical (unpaired) electrons. The Balaban J connectivity index is 2.52. The summed E-state index contributed by atoms with van der Waals surface area (Å²) in [4.78, 5) is 4.14. The van der Waals surface area contributed by atoms with Crippen LogP contribution in [0.25, 0.3) is 0 Å². The van der Waals surface area contributed by atoms with Crippen molar-refractivity contribution in [2.45, 2.75) is 39.5 Å². The van der Waals surface area contributed by atoms with Crippen molar-refractivity contribution in [3.05, 3.63) is 24.0 Å². The Kier molecular flexibility index (Phi) is 7.69. The van der Waals surface area contributed by atoms with Crippen LogP contribution >= 0.6 is 0 Å². The van der Waals surface area contributed by atoms with E-state index in [1.807, 2.05) is 6.07 Å². The van der Waals surface area contributed by atoms with E-state index < -0.39 is 0 Å². The van der Waals surface area contributed by atoms with Crippen LogP contribution in [0, 0.1) is 17.8 Å². The fourth-order valence-corrected chi connectivity index (χ4v) is 1.83. The van der Waals surface area contributed by atoms with Gasteiger partial charge in [0.1, 0.15) is 5.75 Å². The molecular weight excluding hydrogens is 236 g/mol. The highest BCUT2D eigenvalue weighted by Gasteiger charge is 2.07. The minimum atomic E-state index is 0.361. The third-order valence-electron chi connectivity index (χ3n) is 3.08. The second-order valence-corrected chi connectivity index (χ2v) is 4.64. The second-order valence-electron chi connectivity index (χ2n) is 4.64. The molecular formula is C16H24N2O. The van der Waals surface area contributed by atoms with E-state index in [4.69, 9.17) is 10.5 Å². The molecule has 104 valence electrons. The maximum absolute atomic E-state index is 5.82. The predicted octanol–water partition coefficient (Wildman–Crippen LogP) is 2.99. The molecule has 1 heterocycles. The van der Waals surface area contributed by atoms with Crippen LogP contribution in [0.15, 0.2) is 18.5 Å². The number of hydrogen-bond acceptors (Lipinski definition) is 3. The lowest BCUT2D eigenvalue weighted by Gasteiger charge is -2.15. The van der Waals surface area contributed by atoms with Crippen molar-refractivity contribution in [2.75, 3.05) is 13.2 Å². The number of pyridine rings is 1. The van der Waals surface area contributed by atoms with Crippen LogP contribution in [-0.4, -0.2) is 18.1 Å². The van der Waals surface area contributed by atoms with E-state index in [1.165, 1.54) is 19.3 Å². The van der Waals surface area contributed by atoms with Crippen LogP contribution in [0.2, 0.25) is 0 Å². The molecule has 1 atom stereocenters. The van der Waals surface area contributed by atoms with Gasteiger partial charge < -0.3 is 10.5 Å². The molecule has 0 saturated carbocycles. The zero-order chi connectivity index (χ0) is 13.9. The molecule has 1 aromatic rings. The molecule has 0 amide bonds. The van der Waals surface area contributed by atoms with E-state index in [-0.39, 0.29) is 0 Å². The number of ether oxygens (including phenoxy) is 1. The van der Waals surface area contributed by atoms with Gasteiger partial charge in [-0.25, -0.2) is 0 Å². The van der Waals surface area contributed by atoms with Gasteiger partial charge in [0.2, 0.25) is 0 Å². The Morgan fingerprint density at radius 3 is 2.89 bits per heavy atom. The molecule has 0 spiro atoms. The van der Waals surface area contributed by atoms with Crippen LogP contribution in [0.5, 0.6) is 5.75 Å². The molecule has 3 heteroatoms. The number of unbranched alkanes of at least 4 members (excludes halogenated alkanes) is 1. The fraction of sp³-hybridized carbons (Fsp3) is 0.562. The molecule has 19 heavy (non-hydrogen) atoms. The van der Waals surface area contributed by atoms with Crippen LogP contribution in [0.1, 0.15) is 45.1 Å². The van der Waals surface area contributed by atoms with Gasteiger partial charge in [-0.1, -0.05) is 45.0 Å². The van der Waals surface area contributed by atoms with Crippen molar-refractivity contribution in [1.29, 1.82) is 0 Å². The van der Waals surface area contributed by atoms with Crippen LogP contribution in [-0.2, 0) is 0 Å². The molecule has 0 saturated heterocycles. The predicted molar refractivity (Wildman–Crippen MR) is 79.0 cm³/mol. The average Bonchev–Trinajstić information content (AvgIpc) is 2.46. The van der Waals surface area contributed by atoms with Gasteiger partial charge in [-0.3, -0.25) is 4.98 Å². The summed E-state index contributed by atoms with van der Waals surface area (Å²) in [6.45, 7) is 5.55. The van der Waals surface area contributed by atoms with Crippen molar-refractivity contribution in [3.63, 3.8) is 0 Å². The Bertz CT molecular complexity index is 420. The Morgan fingerprint density at radius 2 is 2.21 bits per heavy atom. The van der Waals surface area contributed by atoms with Crippen molar-refractivity contribution in [1.82, 2.24) is 4.98 Å². The first-order valence-electron chi connectivity index (χ1n) is 7.06. The zero-order valence-electron chi connectivity index (χ0n) is 12.0. The van der Waals surface area contributed by atoms with Gasteiger partial charge in [0, 0.05) is 11.8 Å². The summed E-state index contributed by atoms with van der Waals surface area (Å²) in [5.74, 6) is 7.20. The topological polar surface area (TPSA) is 48.1 Å². The normalized spacial score (nSPS) is 11.5. The summed E-state index contributed by atoms with van der Waals surface area (Å²) in [5.41, 5.74) is 6.20. The summed E-state index contributed by atoms with van der Waals surface area (Å²) < 4.78 is 5.82. The lowest BCUT2D eigenvalue weighted by molar-refractivity contribution is 0.232. The van der Waals surface area contributed by atoms with Gasteiger partial charge in [0.05, 0.1) is 19.3 Å². The highest BCUT2D eigenvalue weighted by atomic mass is 16.5. The first-order chi connectivity index (χ1) is 9.30. The first kappa shape index (κ1) is 15.5. The summed E-state index contributed by atoms with van der Waals surface area (Å²) in [6, 6.07) is 1.92. The highest BCUT2D eigenvalue weighted by Crippen LogP contribution is 2.16. The minimum absolute atomic E-state index is 0.361. The van der Waals surface area contributed by atoms with E-state index in [1.54, 1.807) is 12.4 Å². The van der Waals surface area contributed by atoms with Gasteiger partial charge in [0.25, 0.3) is 0 Å². The van der Waals surface area contributed by atoms with Gasteiger partial charge in [-0.2, -0.15) is 0 Å². The quantitative estimate of drug-likeness (QED) is 0.767. The van der Waals surface area contributed by atoms with Gasteiger partial charge in [-0.05, 0) is 18.4 Å². The van der Waals surface area contributed by atoms with Crippen molar-refractivity contribution in [2.24, 2.45) is 11.7 Å². The molecule has 1 unspecified atom stereocenters. The van der Waals surface area contributed by atoms with Gasteiger partial charge in [0.15, 0.2) is 0 Å². The number of aromatic nitrogens is 1.